The van der Waals surface area contributed by atoms with Crippen LogP contribution < -0.4 is 0 Å². The molecule has 25 heavy (non-hydrogen) atoms. The molecule has 0 aromatic heterocycles. The Balaban J connectivity index is 2.25. The van der Waals surface area contributed by atoms with Crippen LogP contribution in [0.25, 0.3) is 18.2 Å². The van der Waals surface area contributed by atoms with Crippen molar-refractivity contribution in [2.45, 2.75) is 0 Å². The number of hydrogen-bond acceptors (Lipinski definition) is 5. The molecule has 0 saturated carbocycles. The molecular weight excluding hydrogens is 328 g/mol. The molecule has 0 bridgehead atoms. The van der Waals surface area contributed by atoms with Crippen LogP contribution in [-0.4, -0.2) is 20.9 Å². The van der Waals surface area contributed by atoms with Gasteiger partial charge in [-0.1, -0.05) is 30.3 Å². The molecule has 2 aromatic rings. The number of carboxylic acids is 1. The number of rotatable bonds is 6. The molecule has 8 nitrogen and oxygen atoms in total. The van der Waals surface area contributed by atoms with Gasteiger partial charge in [-0.05, 0) is 29.3 Å². The molecule has 0 fully saturated rings. The van der Waals surface area contributed by atoms with Crippen molar-refractivity contribution in [1.82, 2.24) is 0 Å². The van der Waals surface area contributed by atoms with E-state index in [1.165, 1.54) is 24.3 Å². The van der Waals surface area contributed by atoms with Crippen LogP contribution in [0, 0.1) is 20.2 Å². The van der Waals surface area contributed by atoms with Gasteiger partial charge in [0.25, 0.3) is 11.4 Å². The number of nitro groups is 2. The standard InChI is InChI=1S/C17H12N2O6/c20-17(21)10-6-13-3-1-12(2-4-13)5-7-14-8-9-15(18(22)23)11-16(14)19(24)25/h1-11H,(H,20,21)/b7-5+,10-6+. The van der Waals surface area contributed by atoms with E-state index in [0.717, 1.165) is 17.7 Å². The van der Waals surface area contributed by atoms with E-state index >= 15 is 0 Å². The number of nitrogens with zero attached hydrogens (tertiary/aromatic N) is 2. The van der Waals surface area contributed by atoms with Gasteiger partial charge in [-0.2, -0.15) is 0 Å². The molecule has 0 aliphatic carbocycles. The highest BCUT2D eigenvalue weighted by Gasteiger charge is 2.17. The Hall–Kier alpha value is -3.81. The van der Waals surface area contributed by atoms with Gasteiger partial charge in [-0.25, -0.2) is 4.79 Å². The van der Waals surface area contributed by atoms with Crippen molar-refractivity contribution in [2.75, 3.05) is 0 Å². The van der Waals surface area contributed by atoms with E-state index in [4.69, 9.17) is 5.11 Å². The van der Waals surface area contributed by atoms with E-state index in [-0.39, 0.29) is 16.9 Å². The molecular formula is C17H12N2O6. The normalized spacial score (nSPS) is 11.0. The van der Waals surface area contributed by atoms with Crippen LogP contribution in [0.4, 0.5) is 11.4 Å². The lowest BCUT2D eigenvalue weighted by Crippen LogP contribution is -1.94. The van der Waals surface area contributed by atoms with Gasteiger partial charge >= 0.3 is 5.97 Å². The second-order valence-corrected chi connectivity index (χ2v) is 4.93. The molecule has 0 unspecified atom stereocenters. The largest absolute Gasteiger partial charge is 0.478 e. The van der Waals surface area contributed by atoms with Crippen LogP contribution in [-0.2, 0) is 4.79 Å². The van der Waals surface area contributed by atoms with E-state index in [1.807, 2.05) is 0 Å². The third kappa shape index (κ3) is 4.83. The molecule has 8 heteroatoms. The van der Waals surface area contributed by atoms with Crippen molar-refractivity contribution < 1.29 is 19.7 Å². The highest BCUT2D eigenvalue weighted by atomic mass is 16.6. The number of hydrogen-bond donors (Lipinski definition) is 1. The highest BCUT2D eigenvalue weighted by molar-refractivity contribution is 5.85. The molecule has 0 radical (unpaired) electrons. The summed E-state index contributed by atoms with van der Waals surface area (Å²) in [5.41, 5.74) is 0.969. The summed E-state index contributed by atoms with van der Waals surface area (Å²) < 4.78 is 0. The zero-order valence-corrected chi connectivity index (χ0v) is 12.7. The third-order valence-electron chi connectivity index (χ3n) is 3.23. The van der Waals surface area contributed by atoms with E-state index in [9.17, 15) is 25.0 Å². The van der Waals surface area contributed by atoms with E-state index in [1.54, 1.807) is 30.3 Å². The van der Waals surface area contributed by atoms with Gasteiger partial charge in [0.2, 0.25) is 0 Å². The van der Waals surface area contributed by atoms with Crippen LogP contribution in [0.5, 0.6) is 0 Å². The maximum atomic E-state index is 11.1. The zero-order chi connectivity index (χ0) is 18.4. The maximum absolute atomic E-state index is 11.1. The van der Waals surface area contributed by atoms with Crippen LogP contribution >= 0.6 is 0 Å². The monoisotopic (exact) mass is 340 g/mol. The second kappa shape index (κ2) is 7.64. The highest BCUT2D eigenvalue weighted by Crippen LogP contribution is 2.26. The molecule has 0 aliphatic rings. The average Bonchev–Trinajstić information content (AvgIpc) is 2.58. The lowest BCUT2D eigenvalue weighted by Gasteiger charge is -1.99. The first-order chi connectivity index (χ1) is 11.9. The molecule has 126 valence electrons. The predicted molar refractivity (Wildman–Crippen MR) is 91.8 cm³/mol. The van der Waals surface area contributed by atoms with Crippen molar-refractivity contribution in [1.29, 1.82) is 0 Å². The average molecular weight is 340 g/mol. The van der Waals surface area contributed by atoms with Crippen molar-refractivity contribution in [3.05, 3.63) is 85.5 Å². The predicted octanol–water partition coefficient (Wildman–Crippen LogP) is 3.77. The number of carboxylic acid groups (broad SMARTS) is 1. The number of benzene rings is 2. The smallest absolute Gasteiger partial charge is 0.328 e. The summed E-state index contributed by atoms with van der Waals surface area (Å²) >= 11 is 0. The summed E-state index contributed by atoms with van der Waals surface area (Å²) in [4.78, 5) is 30.9. The van der Waals surface area contributed by atoms with E-state index < -0.39 is 15.8 Å². The quantitative estimate of drug-likeness (QED) is 0.369. The number of aliphatic carboxylic acids is 1. The summed E-state index contributed by atoms with van der Waals surface area (Å²) in [6.07, 6.45) is 5.57. The Kier molecular flexibility index (Phi) is 5.36. The Morgan fingerprint density at radius 2 is 1.48 bits per heavy atom. The van der Waals surface area contributed by atoms with Crippen molar-refractivity contribution >= 4 is 35.6 Å². The Morgan fingerprint density at radius 3 is 2.00 bits per heavy atom. The number of non-ortho nitro benzene ring substituents is 1. The Labute approximate surface area is 141 Å². The van der Waals surface area contributed by atoms with Crippen molar-refractivity contribution in [2.24, 2.45) is 0 Å². The molecule has 2 aromatic carbocycles. The summed E-state index contributed by atoms with van der Waals surface area (Å²) in [7, 11) is 0. The fourth-order valence-electron chi connectivity index (χ4n) is 2.02. The molecule has 0 heterocycles. The van der Waals surface area contributed by atoms with Gasteiger partial charge in [0.1, 0.15) is 0 Å². The first kappa shape index (κ1) is 17.5. The minimum absolute atomic E-state index is 0.241. The second-order valence-electron chi connectivity index (χ2n) is 4.93. The Bertz CT molecular complexity index is 885. The lowest BCUT2D eigenvalue weighted by molar-refractivity contribution is -0.394. The van der Waals surface area contributed by atoms with Crippen LogP contribution in [0.1, 0.15) is 16.7 Å². The topological polar surface area (TPSA) is 124 Å². The van der Waals surface area contributed by atoms with Gasteiger partial charge in [0.05, 0.1) is 21.5 Å². The fourth-order valence-corrected chi connectivity index (χ4v) is 2.02. The molecule has 0 atom stereocenters. The Morgan fingerprint density at radius 1 is 0.880 bits per heavy atom. The van der Waals surface area contributed by atoms with Crippen LogP contribution in [0.3, 0.4) is 0 Å². The van der Waals surface area contributed by atoms with Gasteiger partial charge in [0.15, 0.2) is 0 Å². The molecule has 2 rings (SSSR count). The van der Waals surface area contributed by atoms with Gasteiger partial charge in [-0.15, -0.1) is 0 Å². The number of nitro benzene ring substituents is 2. The van der Waals surface area contributed by atoms with Crippen molar-refractivity contribution in [3.8, 4) is 0 Å². The van der Waals surface area contributed by atoms with Crippen LogP contribution in [0.15, 0.2) is 48.5 Å². The third-order valence-corrected chi connectivity index (χ3v) is 3.23. The SMILES string of the molecule is O=C(O)/C=C/c1ccc(/C=C/c2ccc([N+](=O)[O-])cc2[N+](=O)[O-])cc1. The lowest BCUT2D eigenvalue weighted by atomic mass is 10.1. The van der Waals surface area contributed by atoms with Gasteiger partial charge in [-0.3, -0.25) is 20.2 Å². The molecule has 0 spiro atoms. The number of carbonyl (C=O) groups is 1. The maximum Gasteiger partial charge on any atom is 0.328 e. The van der Waals surface area contributed by atoms with Crippen molar-refractivity contribution in [3.63, 3.8) is 0 Å². The van der Waals surface area contributed by atoms with Crippen LogP contribution in [0.2, 0.25) is 0 Å². The van der Waals surface area contributed by atoms with E-state index in [2.05, 4.69) is 0 Å². The summed E-state index contributed by atoms with van der Waals surface area (Å²) in [6, 6.07) is 10.3. The molecule has 0 saturated heterocycles. The minimum atomic E-state index is -1.05. The van der Waals surface area contributed by atoms with E-state index in [0.29, 0.717) is 5.56 Å². The summed E-state index contributed by atoms with van der Waals surface area (Å²) in [5.74, 6) is -1.05. The van der Waals surface area contributed by atoms with Gasteiger partial charge in [0, 0.05) is 12.1 Å². The minimum Gasteiger partial charge on any atom is -0.478 e. The zero-order valence-electron chi connectivity index (χ0n) is 12.7. The van der Waals surface area contributed by atoms with Gasteiger partial charge < -0.3 is 5.11 Å². The first-order valence-electron chi connectivity index (χ1n) is 6.99. The fraction of sp³-hybridized carbons (Fsp3) is 0. The molecule has 0 amide bonds. The molecule has 1 N–H and O–H groups in total. The molecule has 0 aliphatic heterocycles. The first-order valence-corrected chi connectivity index (χ1v) is 6.99. The summed E-state index contributed by atoms with van der Waals surface area (Å²) in [6.45, 7) is 0. The summed E-state index contributed by atoms with van der Waals surface area (Å²) in [5, 5.41) is 30.4.